The number of carbonyl (C=O) groups excluding carboxylic acids is 1. The number of hydrogen-bond donors (Lipinski definition) is 2. The predicted molar refractivity (Wildman–Crippen MR) is 76.0 cm³/mol. The fourth-order valence-electron chi connectivity index (χ4n) is 2.14. The van der Waals surface area contributed by atoms with Crippen LogP contribution in [-0.4, -0.2) is 43.2 Å². The Kier molecular flexibility index (Phi) is 4.76. The summed E-state index contributed by atoms with van der Waals surface area (Å²) in [6, 6.07) is 7.16. The Morgan fingerprint density at radius 2 is 2.21 bits per heavy atom. The van der Waals surface area contributed by atoms with E-state index < -0.39 is 0 Å². The first-order valence-corrected chi connectivity index (χ1v) is 6.66. The number of anilines is 2. The number of carbonyl (C=O) groups is 1. The van der Waals surface area contributed by atoms with Crippen LogP contribution < -0.4 is 11.1 Å². The van der Waals surface area contributed by atoms with Crippen molar-refractivity contribution in [1.82, 2.24) is 4.90 Å². The van der Waals surface area contributed by atoms with Crippen LogP contribution in [0.1, 0.15) is 13.3 Å². The summed E-state index contributed by atoms with van der Waals surface area (Å²) < 4.78 is 5.58. The molecule has 1 unspecified atom stereocenters. The van der Waals surface area contributed by atoms with Gasteiger partial charge in [-0.05, 0) is 30.7 Å². The molecule has 0 spiro atoms. The van der Waals surface area contributed by atoms with Gasteiger partial charge in [-0.2, -0.15) is 0 Å². The van der Waals surface area contributed by atoms with Crippen molar-refractivity contribution in [2.24, 2.45) is 0 Å². The van der Waals surface area contributed by atoms with E-state index >= 15 is 0 Å². The third kappa shape index (κ3) is 4.22. The second kappa shape index (κ2) is 6.54. The number of ether oxygens (including phenoxy) is 1. The molecule has 1 aromatic rings. The monoisotopic (exact) mass is 263 g/mol. The van der Waals surface area contributed by atoms with Crippen LogP contribution in [0.3, 0.4) is 0 Å². The summed E-state index contributed by atoms with van der Waals surface area (Å²) >= 11 is 0. The number of morpholine rings is 1. The van der Waals surface area contributed by atoms with Gasteiger partial charge in [0.15, 0.2) is 0 Å². The van der Waals surface area contributed by atoms with Crippen LogP contribution in [0.15, 0.2) is 24.3 Å². The van der Waals surface area contributed by atoms with Crippen LogP contribution in [0, 0.1) is 0 Å². The Bertz CT molecular complexity index is 419. The number of nitrogen functional groups attached to an aromatic ring is 1. The molecule has 0 aromatic heterocycles. The molecule has 1 fully saturated rings. The predicted octanol–water partition coefficient (Wildman–Crippen LogP) is 1.32. The highest BCUT2D eigenvalue weighted by atomic mass is 16.5. The second-order valence-corrected chi connectivity index (χ2v) is 4.81. The minimum Gasteiger partial charge on any atom is -0.399 e. The summed E-state index contributed by atoms with van der Waals surface area (Å²) in [4.78, 5) is 14.1. The van der Waals surface area contributed by atoms with Crippen LogP contribution in [0.5, 0.6) is 0 Å². The topological polar surface area (TPSA) is 67.6 Å². The van der Waals surface area contributed by atoms with Gasteiger partial charge >= 0.3 is 0 Å². The van der Waals surface area contributed by atoms with E-state index in [1.165, 1.54) is 0 Å². The molecule has 3 N–H and O–H groups in total. The average molecular weight is 263 g/mol. The van der Waals surface area contributed by atoms with E-state index in [0.29, 0.717) is 18.8 Å². The van der Waals surface area contributed by atoms with E-state index in [2.05, 4.69) is 17.1 Å². The summed E-state index contributed by atoms with van der Waals surface area (Å²) in [5.41, 5.74) is 7.07. The lowest BCUT2D eigenvalue weighted by atomic mass is 10.2. The van der Waals surface area contributed by atoms with E-state index in [4.69, 9.17) is 10.5 Å². The molecular formula is C14H21N3O2. The fraction of sp³-hybridized carbons (Fsp3) is 0.500. The SMILES string of the molecule is CCC1CN(CC(=O)Nc2ccc(N)cc2)CCO1. The van der Waals surface area contributed by atoms with Gasteiger partial charge in [-0.1, -0.05) is 6.92 Å². The zero-order valence-electron chi connectivity index (χ0n) is 11.3. The average Bonchev–Trinajstić information content (AvgIpc) is 2.41. The summed E-state index contributed by atoms with van der Waals surface area (Å²) in [6.45, 7) is 4.85. The van der Waals surface area contributed by atoms with Crippen molar-refractivity contribution in [3.63, 3.8) is 0 Å². The minimum absolute atomic E-state index is 0.00141. The van der Waals surface area contributed by atoms with Gasteiger partial charge in [0.2, 0.25) is 5.91 Å². The normalized spacial score (nSPS) is 20.2. The molecule has 0 bridgehead atoms. The van der Waals surface area contributed by atoms with Crippen molar-refractivity contribution in [1.29, 1.82) is 0 Å². The van der Waals surface area contributed by atoms with E-state index in [9.17, 15) is 4.79 Å². The van der Waals surface area contributed by atoms with Gasteiger partial charge < -0.3 is 15.8 Å². The standard InChI is InChI=1S/C14H21N3O2/c1-2-13-9-17(7-8-19-13)10-14(18)16-12-5-3-11(15)4-6-12/h3-6,13H,2,7-10,15H2,1H3,(H,16,18). The van der Waals surface area contributed by atoms with Crippen molar-refractivity contribution in [2.75, 3.05) is 37.3 Å². The first-order valence-electron chi connectivity index (χ1n) is 6.66. The summed E-state index contributed by atoms with van der Waals surface area (Å²) in [5, 5.41) is 2.87. The molecule has 1 saturated heterocycles. The molecule has 1 amide bonds. The molecule has 5 nitrogen and oxygen atoms in total. The van der Waals surface area contributed by atoms with Crippen LogP contribution in [-0.2, 0) is 9.53 Å². The molecule has 5 heteroatoms. The number of rotatable bonds is 4. The summed E-state index contributed by atoms with van der Waals surface area (Å²) in [7, 11) is 0. The van der Waals surface area contributed by atoms with E-state index in [1.54, 1.807) is 24.3 Å². The highest BCUT2D eigenvalue weighted by Crippen LogP contribution is 2.11. The molecule has 0 saturated carbocycles. The Hall–Kier alpha value is -1.59. The van der Waals surface area contributed by atoms with E-state index in [1.807, 2.05) is 0 Å². The van der Waals surface area contributed by atoms with Gasteiger partial charge in [-0.25, -0.2) is 0 Å². The van der Waals surface area contributed by atoms with Gasteiger partial charge in [0.25, 0.3) is 0 Å². The highest BCUT2D eigenvalue weighted by molar-refractivity contribution is 5.92. The second-order valence-electron chi connectivity index (χ2n) is 4.81. The van der Waals surface area contributed by atoms with Crippen molar-refractivity contribution in [3.05, 3.63) is 24.3 Å². The molecule has 0 radical (unpaired) electrons. The van der Waals surface area contributed by atoms with E-state index in [-0.39, 0.29) is 12.0 Å². The van der Waals surface area contributed by atoms with Gasteiger partial charge in [0.1, 0.15) is 0 Å². The molecule has 1 aromatic carbocycles. The maximum Gasteiger partial charge on any atom is 0.238 e. The van der Waals surface area contributed by atoms with Crippen molar-refractivity contribution < 1.29 is 9.53 Å². The first kappa shape index (κ1) is 13.8. The maximum atomic E-state index is 11.9. The Morgan fingerprint density at radius 1 is 1.47 bits per heavy atom. The smallest absolute Gasteiger partial charge is 0.238 e. The lowest BCUT2D eigenvalue weighted by Crippen LogP contribution is -2.45. The Morgan fingerprint density at radius 3 is 2.89 bits per heavy atom. The third-order valence-corrected chi connectivity index (χ3v) is 3.24. The van der Waals surface area contributed by atoms with E-state index in [0.717, 1.165) is 25.2 Å². The molecule has 2 rings (SSSR count). The van der Waals surface area contributed by atoms with Crippen LogP contribution in [0.4, 0.5) is 11.4 Å². The van der Waals surface area contributed by atoms with Crippen LogP contribution in [0.2, 0.25) is 0 Å². The largest absolute Gasteiger partial charge is 0.399 e. The third-order valence-electron chi connectivity index (χ3n) is 3.24. The summed E-state index contributed by atoms with van der Waals surface area (Å²) in [6.07, 6.45) is 1.23. The molecule has 1 atom stereocenters. The number of nitrogens with zero attached hydrogens (tertiary/aromatic N) is 1. The number of amides is 1. The maximum absolute atomic E-state index is 11.9. The molecular weight excluding hydrogens is 242 g/mol. The fourth-order valence-corrected chi connectivity index (χ4v) is 2.14. The van der Waals surface area contributed by atoms with Gasteiger partial charge in [0.05, 0.1) is 19.3 Å². The number of nitrogens with one attached hydrogen (secondary N) is 1. The zero-order chi connectivity index (χ0) is 13.7. The lowest BCUT2D eigenvalue weighted by Gasteiger charge is -2.31. The van der Waals surface area contributed by atoms with Crippen molar-refractivity contribution in [2.45, 2.75) is 19.4 Å². The van der Waals surface area contributed by atoms with Gasteiger partial charge in [0, 0.05) is 24.5 Å². The Labute approximate surface area is 113 Å². The number of nitrogens with two attached hydrogens (primary N) is 1. The highest BCUT2D eigenvalue weighted by Gasteiger charge is 2.20. The molecule has 0 aliphatic carbocycles. The zero-order valence-corrected chi connectivity index (χ0v) is 11.3. The van der Waals surface area contributed by atoms with Crippen LogP contribution in [0.25, 0.3) is 0 Å². The molecule has 1 aliphatic heterocycles. The molecule has 1 heterocycles. The van der Waals surface area contributed by atoms with Crippen molar-refractivity contribution >= 4 is 17.3 Å². The summed E-state index contributed by atoms with van der Waals surface area (Å²) in [5.74, 6) is 0.00141. The molecule has 19 heavy (non-hydrogen) atoms. The van der Waals surface area contributed by atoms with Crippen molar-refractivity contribution in [3.8, 4) is 0 Å². The number of benzene rings is 1. The van der Waals surface area contributed by atoms with Gasteiger partial charge in [-0.3, -0.25) is 9.69 Å². The molecule has 104 valence electrons. The van der Waals surface area contributed by atoms with Crippen LogP contribution >= 0.6 is 0 Å². The lowest BCUT2D eigenvalue weighted by molar-refractivity contribution is -0.119. The van der Waals surface area contributed by atoms with Gasteiger partial charge in [-0.15, -0.1) is 0 Å². The minimum atomic E-state index is 0.00141. The first-order chi connectivity index (χ1) is 9.17. The number of hydrogen-bond acceptors (Lipinski definition) is 4. The quantitative estimate of drug-likeness (QED) is 0.804. The Balaban J connectivity index is 1.82. The molecule has 1 aliphatic rings.